The fraction of sp³-hybridized carbons (Fsp3) is 0.794. The third-order valence-electron chi connectivity index (χ3n) is 9.35. The molecule has 0 aromatic heterocycles. The number of hydrogen-bond acceptors (Lipinski definition) is 7. The number of hydrogen-bond donors (Lipinski definition) is 2. The van der Waals surface area contributed by atoms with Gasteiger partial charge in [-0.05, 0) is 94.7 Å². The molecule has 8 nitrogen and oxygen atoms in total. The Morgan fingerprint density at radius 3 is 2.55 bits per heavy atom. The number of piperidine rings is 1. The van der Waals surface area contributed by atoms with Crippen molar-refractivity contribution in [3.05, 3.63) is 23.8 Å². The molecule has 1 unspecified atom stereocenters. The highest BCUT2D eigenvalue weighted by Gasteiger charge is 2.32. The summed E-state index contributed by atoms with van der Waals surface area (Å²) in [5.41, 5.74) is 2.11. The van der Waals surface area contributed by atoms with Gasteiger partial charge in [0.1, 0.15) is 11.4 Å². The topological polar surface area (TPSA) is 81.3 Å². The van der Waals surface area contributed by atoms with Crippen molar-refractivity contribution in [1.82, 2.24) is 10.6 Å². The van der Waals surface area contributed by atoms with E-state index in [0.29, 0.717) is 37.0 Å². The Balaban J connectivity index is 1.21. The Bertz CT molecular complexity index is 970. The molecule has 2 heterocycles. The Morgan fingerprint density at radius 2 is 1.88 bits per heavy atom. The number of amides is 1. The molecule has 3 atom stereocenters. The number of benzene rings is 1. The molecular weight excluding hydrogens is 530 g/mol. The molecule has 3 aliphatic rings. The van der Waals surface area contributed by atoms with E-state index in [1.165, 1.54) is 5.56 Å². The van der Waals surface area contributed by atoms with Gasteiger partial charge in [0.25, 0.3) is 0 Å². The quantitative estimate of drug-likeness (QED) is 0.280. The average molecular weight is 588 g/mol. The first-order valence-electron chi connectivity index (χ1n) is 16.4. The van der Waals surface area contributed by atoms with Gasteiger partial charge >= 0.3 is 0 Å². The van der Waals surface area contributed by atoms with Crippen LogP contribution in [-0.2, 0) is 25.6 Å². The van der Waals surface area contributed by atoms with Gasteiger partial charge < -0.3 is 34.5 Å². The van der Waals surface area contributed by atoms with Crippen LogP contribution in [-0.4, -0.2) is 76.3 Å². The van der Waals surface area contributed by atoms with Gasteiger partial charge in [-0.2, -0.15) is 0 Å². The first-order chi connectivity index (χ1) is 20.2. The lowest BCUT2D eigenvalue weighted by Gasteiger charge is -2.41. The highest BCUT2D eigenvalue weighted by Crippen LogP contribution is 2.38. The molecule has 2 N–H and O–H groups in total. The van der Waals surface area contributed by atoms with Crippen molar-refractivity contribution in [2.24, 2.45) is 11.8 Å². The van der Waals surface area contributed by atoms with Crippen LogP contribution in [0.25, 0.3) is 0 Å². The Morgan fingerprint density at radius 1 is 1.12 bits per heavy atom. The number of fused-ring (bicyclic) bond motifs is 1. The summed E-state index contributed by atoms with van der Waals surface area (Å²) in [5.74, 6) is 2.05. The number of carbonyl (C=O) groups is 1. The summed E-state index contributed by atoms with van der Waals surface area (Å²) in [6, 6.07) is 7.05. The lowest BCUT2D eigenvalue weighted by Crippen LogP contribution is -2.48. The van der Waals surface area contributed by atoms with Crippen LogP contribution >= 0.6 is 0 Å². The summed E-state index contributed by atoms with van der Waals surface area (Å²) in [4.78, 5) is 15.3. The number of carbonyl (C=O) groups excluding carboxylic acids is 1. The molecule has 0 bridgehead atoms. The minimum Gasteiger partial charge on any atom is -0.484 e. The molecule has 2 aliphatic heterocycles. The molecule has 1 saturated heterocycles. The molecule has 1 amide bonds. The Kier molecular flexibility index (Phi) is 12.4. The van der Waals surface area contributed by atoms with Crippen molar-refractivity contribution in [1.29, 1.82) is 0 Å². The Hall–Kier alpha value is -1.87. The van der Waals surface area contributed by atoms with Gasteiger partial charge in [-0.25, -0.2) is 0 Å². The van der Waals surface area contributed by atoms with E-state index in [9.17, 15) is 4.79 Å². The molecule has 1 saturated carbocycles. The van der Waals surface area contributed by atoms with Crippen molar-refractivity contribution < 1.29 is 23.7 Å². The molecule has 2 fully saturated rings. The van der Waals surface area contributed by atoms with Crippen LogP contribution in [0.1, 0.15) is 91.0 Å². The van der Waals surface area contributed by atoms with Gasteiger partial charge in [-0.3, -0.25) is 4.79 Å². The second kappa shape index (κ2) is 15.7. The minimum absolute atomic E-state index is 0.192. The maximum absolute atomic E-state index is 12.9. The minimum atomic E-state index is -0.219. The predicted octanol–water partition coefficient (Wildman–Crippen LogP) is 5.46. The average Bonchev–Trinajstić information content (AvgIpc) is 2.96. The van der Waals surface area contributed by atoms with E-state index in [1.807, 2.05) is 0 Å². The second-order valence-corrected chi connectivity index (χ2v) is 13.8. The standard InChI is InChI=1S/C34H57N3O5/c1-24(2)30(36-33(38)19-25-8-12-28(40-6)13-9-25)20-27-11-14-29(21-35-27)41-22-26-10-15-32-31(18-26)37(16-7-17-39-5)23-34(3,4)42-32/h10,15,18,24-25,27-30,35H,7-9,11-14,16-17,19-23H2,1-6H3,(H,36,38)/t25?,27?,28?,29-,30-/m1/s1. The van der Waals surface area contributed by atoms with Crippen LogP contribution in [0.5, 0.6) is 5.75 Å². The highest BCUT2D eigenvalue weighted by molar-refractivity contribution is 5.76. The molecule has 1 aromatic rings. The van der Waals surface area contributed by atoms with Gasteiger partial charge in [-0.15, -0.1) is 0 Å². The summed E-state index contributed by atoms with van der Waals surface area (Å²) in [7, 11) is 3.55. The second-order valence-electron chi connectivity index (χ2n) is 13.8. The van der Waals surface area contributed by atoms with Crippen molar-refractivity contribution in [2.75, 3.05) is 45.4 Å². The summed E-state index contributed by atoms with van der Waals surface area (Å²) in [6.07, 6.45) is 9.58. The van der Waals surface area contributed by atoms with Crippen molar-refractivity contribution >= 4 is 11.6 Å². The van der Waals surface area contributed by atoms with Crippen LogP contribution < -0.4 is 20.3 Å². The molecule has 0 spiro atoms. The number of anilines is 1. The molecule has 42 heavy (non-hydrogen) atoms. The van der Waals surface area contributed by atoms with E-state index in [0.717, 1.165) is 89.0 Å². The summed E-state index contributed by atoms with van der Waals surface area (Å²) in [5, 5.41) is 7.10. The van der Waals surface area contributed by atoms with Gasteiger partial charge in [0.15, 0.2) is 0 Å². The van der Waals surface area contributed by atoms with Gasteiger partial charge in [0, 0.05) is 52.4 Å². The van der Waals surface area contributed by atoms with Crippen molar-refractivity contribution in [3.63, 3.8) is 0 Å². The highest BCUT2D eigenvalue weighted by atomic mass is 16.5. The van der Waals surface area contributed by atoms with E-state index < -0.39 is 0 Å². The SMILES string of the molecule is COCCCN1CC(C)(C)Oc2ccc(CO[C@@H]3CCC(C[C@@H](NC(=O)CC4CCC(OC)CC4)C(C)C)NC3)cc21. The number of nitrogens with one attached hydrogen (secondary N) is 2. The van der Waals surface area contributed by atoms with Crippen LogP contribution in [0.4, 0.5) is 5.69 Å². The van der Waals surface area contributed by atoms with E-state index in [-0.39, 0.29) is 23.7 Å². The fourth-order valence-electron chi connectivity index (χ4n) is 6.81. The molecule has 0 radical (unpaired) electrons. The summed E-state index contributed by atoms with van der Waals surface area (Å²) >= 11 is 0. The number of rotatable bonds is 14. The van der Waals surface area contributed by atoms with Crippen LogP contribution in [0.3, 0.4) is 0 Å². The first kappa shape index (κ1) is 33.0. The zero-order valence-corrected chi connectivity index (χ0v) is 27.1. The third-order valence-corrected chi connectivity index (χ3v) is 9.35. The smallest absolute Gasteiger partial charge is 0.220 e. The molecule has 1 aliphatic carbocycles. The largest absolute Gasteiger partial charge is 0.484 e. The number of nitrogens with zero attached hydrogens (tertiary/aromatic N) is 1. The van der Waals surface area contributed by atoms with Gasteiger partial charge in [0.2, 0.25) is 5.91 Å². The maximum atomic E-state index is 12.9. The lowest BCUT2D eigenvalue weighted by molar-refractivity contribution is -0.123. The van der Waals surface area contributed by atoms with E-state index in [4.69, 9.17) is 18.9 Å². The van der Waals surface area contributed by atoms with Crippen LogP contribution in [0, 0.1) is 11.8 Å². The molecule has 1 aromatic carbocycles. The molecule has 238 valence electrons. The lowest BCUT2D eigenvalue weighted by atomic mass is 9.85. The normalized spacial score (nSPS) is 26.4. The Labute approximate surface area is 254 Å². The van der Waals surface area contributed by atoms with E-state index >= 15 is 0 Å². The zero-order valence-electron chi connectivity index (χ0n) is 27.1. The summed E-state index contributed by atoms with van der Waals surface area (Å²) in [6.45, 7) is 12.7. The number of ether oxygens (including phenoxy) is 4. The predicted molar refractivity (Wildman–Crippen MR) is 168 cm³/mol. The maximum Gasteiger partial charge on any atom is 0.220 e. The van der Waals surface area contributed by atoms with Crippen molar-refractivity contribution in [3.8, 4) is 5.75 Å². The number of methoxy groups -OCH3 is 2. The van der Waals surface area contributed by atoms with E-state index in [2.05, 4.69) is 61.4 Å². The monoisotopic (exact) mass is 587 g/mol. The molecular formula is C34H57N3O5. The third kappa shape index (κ3) is 9.83. The summed E-state index contributed by atoms with van der Waals surface area (Å²) < 4.78 is 23.4. The van der Waals surface area contributed by atoms with Crippen LogP contribution in [0.2, 0.25) is 0 Å². The van der Waals surface area contributed by atoms with E-state index in [1.54, 1.807) is 14.2 Å². The van der Waals surface area contributed by atoms with Crippen molar-refractivity contribution in [2.45, 2.75) is 122 Å². The van der Waals surface area contributed by atoms with Crippen LogP contribution in [0.15, 0.2) is 18.2 Å². The molecule has 4 rings (SSSR count). The zero-order chi connectivity index (χ0) is 30.1. The first-order valence-corrected chi connectivity index (χ1v) is 16.4. The molecule has 8 heteroatoms. The fourth-order valence-corrected chi connectivity index (χ4v) is 6.81. The van der Waals surface area contributed by atoms with Gasteiger partial charge in [0.05, 0.1) is 31.0 Å². The van der Waals surface area contributed by atoms with Gasteiger partial charge in [-0.1, -0.05) is 19.9 Å².